The van der Waals surface area contributed by atoms with Gasteiger partial charge >= 0.3 is 0 Å². The maximum Gasteiger partial charge on any atom is 0.136 e. The predicted octanol–water partition coefficient (Wildman–Crippen LogP) is 8.90. The summed E-state index contributed by atoms with van der Waals surface area (Å²) in [4.78, 5) is 7.42. The zero-order valence-electron chi connectivity index (χ0n) is 23.0. The van der Waals surface area contributed by atoms with Gasteiger partial charge in [0.15, 0.2) is 0 Å². The fourth-order valence-electron chi connectivity index (χ4n) is 4.61. The van der Waals surface area contributed by atoms with Crippen molar-refractivity contribution in [3.8, 4) is 11.5 Å². The Balaban J connectivity index is 1.61. The van der Waals surface area contributed by atoms with Crippen molar-refractivity contribution in [2.45, 2.75) is 37.5 Å². The molecule has 0 amide bonds. The first-order valence-corrected chi connectivity index (χ1v) is 16.0. The fraction of sp³-hybridized carbons (Fsp3) is 0.375. The van der Waals surface area contributed by atoms with Crippen LogP contribution in [-0.2, 0) is 0 Å². The maximum atomic E-state index is 6.58. The summed E-state index contributed by atoms with van der Waals surface area (Å²) in [7, 11) is 0. The molecule has 0 atom stereocenters. The lowest BCUT2D eigenvalue weighted by atomic mass is 9.92. The largest absolute Gasteiger partial charge is 0.456 e. The zero-order valence-corrected chi connectivity index (χ0v) is 25.4. The topological polar surface area (TPSA) is 15.7 Å². The summed E-state index contributed by atoms with van der Waals surface area (Å²) >= 11 is 9.95. The Hall–Kier alpha value is -1.89. The molecule has 4 rings (SSSR count). The normalized spacial score (nSPS) is 12.4. The Morgan fingerprint density at radius 2 is 1.16 bits per heavy atom. The highest BCUT2D eigenvalue weighted by Crippen LogP contribution is 2.46. The van der Waals surface area contributed by atoms with E-state index in [0.29, 0.717) is 0 Å². The van der Waals surface area contributed by atoms with Gasteiger partial charge in [0, 0.05) is 50.5 Å². The van der Waals surface area contributed by atoms with Gasteiger partial charge in [0.2, 0.25) is 0 Å². The van der Waals surface area contributed by atoms with E-state index in [2.05, 4.69) is 92.1 Å². The lowest BCUT2D eigenvalue weighted by Crippen LogP contribution is -2.25. The van der Waals surface area contributed by atoms with Gasteiger partial charge < -0.3 is 14.5 Å². The van der Waals surface area contributed by atoms with Crippen LogP contribution in [0.4, 0.5) is 0 Å². The van der Waals surface area contributed by atoms with Crippen LogP contribution in [0.3, 0.4) is 0 Å². The molecular weight excluding hydrogens is 528 g/mol. The molecule has 0 bridgehead atoms. The Morgan fingerprint density at radius 1 is 0.684 bits per heavy atom. The van der Waals surface area contributed by atoms with Crippen LogP contribution in [0, 0.1) is 0 Å². The highest BCUT2D eigenvalue weighted by molar-refractivity contribution is 7.99. The van der Waals surface area contributed by atoms with Gasteiger partial charge in [-0.25, -0.2) is 0 Å². The van der Waals surface area contributed by atoms with Crippen LogP contribution in [0.2, 0.25) is 5.02 Å². The van der Waals surface area contributed by atoms with E-state index >= 15 is 0 Å². The van der Waals surface area contributed by atoms with Gasteiger partial charge in [-0.1, -0.05) is 51.4 Å². The van der Waals surface area contributed by atoms with E-state index in [1.165, 1.54) is 15.4 Å². The van der Waals surface area contributed by atoms with E-state index in [0.717, 1.165) is 84.0 Å². The third-order valence-electron chi connectivity index (χ3n) is 7.03. The number of benzene rings is 3. The molecule has 0 radical (unpaired) electrons. The number of hydrogen-bond donors (Lipinski definition) is 0. The van der Waals surface area contributed by atoms with Crippen molar-refractivity contribution >= 4 is 46.8 Å². The highest BCUT2D eigenvalue weighted by Gasteiger charge is 2.23. The summed E-state index contributed by atoms with van der Waals surface area (Å²) in [5.41, 5.74) is 4.56. The van der Waals surface area contributed by atoms with Crippen molar-refractivity contribution in [1.82, 2.24) is 9.80 Å². The highest BCUT2D eigenvalue weighted by atomic mass is 35.5. The molecule has 0 saturated heterocycles. The quantitative estimate of drug-likeness (QED) is 0.150. The number of ether oxygens (including phenoxy) is 1. The molecular formula is C32H39ClN2OS2. The van der Waals surface area contributed by atoms with E-state index < -0.39 is 0 Å². The van der Waals surface area contributed by atoms with Gasteiger partial charge in [0.05, 0.1) is 0 Å². The molecule has 1 aliphatic rings. The second-order valence-electron chi connectivity index (χ2n) is 9.28. The van der Waals surface area contributed by atoms with E-state index in [1.807, 2.05) is 35.7 Å². The number of thioether (sulfide) groups is 2. The van der Waals surface area contributed by atoms with Crippen LogP contribution in [0.15, 0.2) is 70.5 Å². The smallest absolute Gasteiger partial charge is 0.136 e. The molecule has 0 spiro atoms. The van der Waals surface area contributed by atoms with Crippen LogP contribution < -0.4 is 4.74 Å². The summed E-state index contributed by atoms with van der Waals surface area (Å²) < 4.78 is 6.58. The second-order valence-corrected chi connectivity index (χ2v) is 12.1. The van der Waals surface area contributed by atoms with E-state index in [1.54, 1.807) is 0 Å². The lowest BCUT2D eigenvalue weighted by molar-refractivity contribution is 0.324. The Morgan fingerprint density at radius 3 is 1.61 bits per heavy atom. The Labute approximate surface area is 242 Å². The SMILES string of the molecule is CCN(CC)CCSc1ccc2c(c1)Oc1cc(SCCN(CC)CC)ccc1C2=Cc1ccc(Cl)cc1. The third-order valence-corrected chi connectivity index (χ3v) is 9.23. The van der Waals surface area contributed by atoms with Crippen molar-refractivity contribution in [1.29, 1.82) is 0 Å². The first-order chi connectivity index (χ1) is 18.5. The summed E-state index contributed by atoms with van der Waals surface area (Å²) in [6.45, 7) is 15.5. The monoisotopic (exact) mass is 566 g/mol. The van der Waals surface area contributed by atoms with E-state index in [4.69, 9.17) is 16.3 Å². The van der Waals surface area contributed by atoms with E-state index in [-0.39, 0.29) is 0 Å². The molecule has 1 heterocycles. The van der Waals surface area contributed by atoms with Crippen LogP contribution in [0.5, 0.6) is 11.5 Å². The molecule has 3 aromatic rings. The van der Waals surface area contributed by atoms with Crippen LogP contribution >= 0.6 is 35.1 Å². The number of rotatable bonds is 13. The minimum absolute atomic E-state index is 0.748. The number of halogens is 1. The minimum atomic E-state index is 0.748. The average molecular weight is 567 g/mol. The summed E-state index contributed by atoms with van der Waals surface area (Å²) in [6, 6.07) is 21.3. The molecule has 0 aliphatic carbocycles. The second kappa shape index (κ2) is 14.5. The van der Waals surface area contributed by atoms with Gasteiger partial charge in [-0.15, -0.1) is 23.5 Å². The molecule has 38 heavy (non-hydrogen) atoms. The molecule has 3 nitrogen and oxygen atoms in total. The number of fused-ring (bicyclic) bond motifs is 2. The summed E-state index contributed by atoms with van der Waals surface area (Å²) in [5, 5.41) is 0.748. The van der Waals surface area contributed by atoms with Crippen molar-refractivity contribution in [3.05, 3.63) is 82.4 Å². The molecule has 0 saturated carbocycles. The van der Waals surface area contributed by atoms with Crippen molar-refractivity contribution in [2.75, 3.05) is 50.8 Å². The van der Waals surface area contributed by atoms with Gasteiger partial charge in [-0.3, -0.25) is 0 Å². The predicted molar refractivity (Wildman–Crippen MR) is 168 cm³/mol. The molecule has 0 unspecified atom stereocenters. The zero-order chi connectivity index (χ0) is 26.9. The first-order valence-electron chi connectivity index (χ1n) is 13.7. The van der Waals surface area contributed by atoms with Crippen molar-refractivity contribution in [3.63, 3.8) is 0 Å². The van der Waals surface area contributed by atoms with Gasteiger partial charge in [0.1, 0.15) is 11.5 Å². The standard InChI is InChI=1S/C32H39ClN2OS2/c1-5-34(6-2)17-19-37-26-13-15-28-30(21-24-9-11-25(33)12-10-24)29-16-14-27(23-32(29)36-31(28)22-26)38-20-18-35(7-3)8-4/h9-16,21-23H,5-8,17-20H2,1-4H3. The number of hydrogen-bond acceptors (Lipinski definition) is 5. The van der Waals surface area contributed by atoms with E-state index in [9.17, 15) is 0 Å². The fourth-order valence-corrected chi connectivity index (χ4v) is 6.61. The number of nitrogens with zero attached hydrogens (tertiary/aromatic N) is 2. The third kappa shape index (κ3) is 7.61. The first kappa shape index (κ1) is 29.1. The molecule has 3 aromatic carbocycles. The lowest BCUT2D eigenvalue weighted by Gasteiger charge is -2.25. The van der Waals surface area contributed by atoms with Gasteiger partial charge in [0.25, 0.3) is 0 Å². The molecule has 0 aromatic heterocycles. The van der Waals surface area contributed by atoms with Gasteiger partial charge in [-0.2, -0.15) is 0 Å². The molecule has 0 N–H and O–H groups in total. The molecule has 1 aliphatic heterocycles. The average Bonchev–Trinajstić information content (AvgIpc) is 2.94. The van der Waals surface area contributed by atoms with Crippen LogP contribution in [-0.4, -0.2) is 60.6 Å². The van der Waals surface area contributed by atoms with Crippen molar-refractivity contribution in [2.24, 2.45) is 0 Å². The summed E-state index contributed by atoms with van der Waals surface area (Å²) in [5.74, 6) is 3.99. The Kier molecular flexibility index (Phi) is 11.1. The Bertz CT molecular complexity index is 1150. The minimum Gasteiger partial charge on any atom is -0.456 e. The van der Waals surface area contributed by atoms with Crippen molar-refractivity contribution < 1.29 is 4.74 Å². The van der Waals surface area contributed by atoms with Crippen LogP contribution in [0.1, 0.15) is 44.4 Å². The van der Waals surface area contributed by atoms with Crippen LogP contribution in [0.25, 0.3) is 11.6 Å². The van der Waals surface area contributed by atoms with Gasteiger partial charge in [-0.05, 0) is 91.9 Å². The maximum absolute atomic E-state index is 6.58. The molecule has 6 heteroatoms. The summed E-state index contributed by atoms with van der Waals surface area (Å²) in [6.07, 6.45) is 2.25. The molecule has 202 valence electrons. The molecule has 0 fully saturated rings.